The number of hydrogen-bond donors (Lipinski definition) is 1. The molecule has 0 fully saturated rings. The van der Waals surface area contributed by atoms with Gasteiger partial charge in [0, 0.05) is 4.88 Å². The van der Waals surface area contributed by atoms with E-state index >= 15 is 0 Å². The lowest BCUT2D eigenvalue weighted by atomic mass is 9.94. The fraction of sp³-hybridized carbons (Fsp3) is 0.375. The van der Waals surface area contributed by atoms with Gasteiger partial charge in [0.2, 0.25) is 0 Å². The molecule has 1 unspecified atom stereocenters. The lowest BCUT2D eigenvalue weighted by Crippen LogP contribution is -2.22. The molecule has 2 heteroatoms. The Bertz CT molecular complexity index is 501. The molecule has 18 heavy (non-hydrogen) atoms. The highest BCUT2D eigenvalue weighted by Crippen LogP contribution is 2.28. The van der Waals surface area contributed by atoms with E-state index in [9.17, 15) is 0 Å². The highest BCUT2D eigenvalue weighted by Gasteiger charge is 2.16. The summed E-state index contributed by atoms with van der Waals surface area (Å²) in [5.41, 5.74) is 4.24. The minimum Gasteiger partial charge on any atom is -0.306 e. The largest absolute Gasteiger partial charge is 0.306 e. The number of nitrogens with one attached hydrogen (secondary N) is 1. The summed E-state index contributed by atoms with van der Waals surface area (Å²) in [6.07, 6.45) is 1.08. The normalized spacial score (nSPS) is 12.6. The van der Waals surface area contributed by atoms with Gasteiger partial charge in [0.15, 0.2) is 0 Å². The Morgan fingerprint density at radius 1 is 1.22 bits per heavy atom. The molecule has 96 valence electrons. The standard InChI is InChI=1S/C16H21NS/c1-4-13-8-6-7-9-15(13)16(17-5-2)14-10-12(3)18-11-14/h6-11,16-17H,4-5H2,1-3H3. The molecule has 0 aliphatic carbocycles. The van der Waals surface area contributed by atoms with Crippen LogP contribution in [0.5, 0.6) is 0 Å². The minimum atomic E-state index is 0.330. The molecule has 1 aromatic heterocycles. The first kappa shape index (κ1) is 13.3. The van der Waals surface area contributed by atoms with Gasteiger partial charge in [-0.25, -0.2) is 0 Å². The smallest absolute Gasteiger partial charge is 0.0587 e. The molecule has 0 radical (unpaired) electrons. The summed E-state index contributed by atoms with van der Waals surface area (Å²) in [6, 6.07) is 11.4. The highest BCUT2D eigenvalue weighted by molar-refractivity contribution is 7.10. The SMILES string of the molecule is CCNC(c1csc(C)c1)c1ccccc1CC. The van der Waals surface area contributed by atoms with Gasteiger partial charge in [0.05, 0.1) is 6.04 Å². The topological polar surface area (TPSA) is 12.0 Å². The molecular formula is C16H21NS. The van der Waals surface area contributed by atoms with Gasteiger partial charge < -0.3 is 5.32 Å². The van der Waals surface area contributed by atoms with E-state index in [1.54, 1.807) is 0 Å². The van der Waals surface area contributed by atoms with E-state index in [1.165, 1.54) is 21.6 Å². The van der Waals surface area contributed by atoms with Crippen molar-refractivity contribution in [2.75, 3.05) is 6.54 Å². The van der Waals surface area contributed by atoms with Crippen LogP contribution in [-0.4, -0.2) is 6.54 Å². The van der Waals surface area contributed by atoms with Crippen molar-refractivity contribution in [3.63, 3.8) is 0 Å². The quantitative estimate of drug-likeness (QED) is 0.843. The average molecular weight is 259 g/mol. The zero-order valence-corrected chi connectivity index (χ0v) is 12.2. The van der Waals surface area contributed by atoms with Gasteiger partial charge in [0.25, 0.3) is 0 Å². The van der Waals surface area contributed by atoms with Crippen molar-refractivity contribution >= 4 is 11.3 Å². The summed E-state index contributed by atoms with van der Waals surface area (Å²) >= 11 is 1.83. The van der Waals surface area contributed by atoms with Crippen molar-refractivity contribution in [1.82, 2.24) is 5.32 Å². The third-order valence-corrected chi connectivity index (χ3v) is 4.12. The molecule has 2 aromatic rings. The molecule has 0 aliphatic heterocycles. The molecular weight excluding hydrogens is 238 g/mol. The van der Waals surface area contributed by atoms with E-state index in [4.69, 9.17) is 0 Å². The Hall–Kier alpha value is -1.12. The van der Waals surface area contributed by atoms with Gasteiger partial charge in [-0.2, -0.15) is 0 Å². The van der Waals surface area contributed by atoms with Crippen LogP contribution in [0.4, 0.5) is 0 Å². The van der Waals surface area contributed by atoms with Crippen LogP contribution in [0.25, 0.3) is 0 Å². The Labute approximate surface area is 114 Å². The van der Waals surface area contributed by atoms with Gasteiger partial charge in [-0.3, -0.25) is 0 Å². The van der Waals surface area contributed by atoms with Gasteiger partial charge in [-0.1, -0.05) is 38.1 Å². The molecule has 0 spiro atoms. The van der Waals surface area contributed by atoms with Crippen molar-refractivity contribution in [1.29, 1.82) is 0 Å². The third-order valence-electron chi connectivity index (χ3n) is 3.24. The summed E-state index contributed by atoms with van der Waals surface area (Å²) < 4.78 is 0. The van der Waals surface area contributed by atoms with Crippen molar-refractivity contribution in [2.45, 2.75) is 33.2 Å². The van der Waals surface area contributed by atoms with Crippen LogP contribution in [0.2, 0.25) is 0 Å². The van der Waals surface area contributed by atoms with E-state index in [0.29, 0.717) is 6.04 Å². The van der Waals surface area contributed by atoms with Crippen LogP contribution in [-0.2, 0) is 6.42 Å². The molecule has 1 N–H and O–H groups in total. The van der Waals surface area contributed by atoms with E-state index in [0.717, 1.165) is 13.0 Å². The zero-order valence-electron chi connectivity index (χ0n) is 11.4. The van der Waals surface area contributed by atoms with Crippen LogP contribution >= 0.6 is 11.3 Å². The molecule has 0 saturated carbocycles. The number of aryl methyl sites for hydroxylation is 2. The maximum Gasteiger partial charge on any atom is 0.0587 e. The number of hydrogen-bond acceptors (Lipinski definition) is 2. The predicted molar refractivity (Wildman–Crippen MR) is 80.4 cm³/mol. The molecule has 0 aliphatic rings. The average Bonchev–Trinajstić information content (AvgIpc) is 2.82. The summed E-state index contributed by atoms with van der Waals surface area (Å²) in [7, 11) is 0. The second-order valence-corrected chi connectivity index (χ2v) is 5.65. The minimum absolute atomic E-state index is 0.330. The first-order valence-electron chi connectivity index (χ1n) is 6.62. The highest BCUT2D eigenvalue weighted by atomic mass is 32.1. The maximum absolute atomic E-state index is 3.61. The number of thiophene rings is 1. The van der Waals surface area contributed by atoms with Gasteiger partial charge >= 0.3 is 0 Å². The summed E-state index contributed by atoms with van der Waals surface area (Å²) in [4.78, 5) is 1.38. The first-order chi connectivity index (χ1) is 8.76. The van der Waals surface area contributed by atoms with Crippen LogP contribution in [0.3, 0.4) is 0 Å². The summed E-state index contributed by atoms with van der Waals surface area (Å²) in [6.45, 7) is 7.54. The Balaban J connectivity index is 2.41. The van der Waals surface area contributed by atoms with Gasteiger partial charge in [-0.05, 0) is 48.0 Å². The molecule has 0 amide bonds. The third kappa shape index (κ3) is 2.82. The Morgan fingerprint density at radius 2 is 2.00 bits per heavy atom. The molecule has 1 heterocycles. The maximum atomic E-state index is 3.61. The van der Waals surface area contributed by atoms with Crippen LogP contribution < -0.4 is 5.32 Å². The van der Waals surface area contributed by atoms with E-state index < -0.39 is 0 Å². The Morgan fingerprint density at radius 3 is 2.61 bits per heavy atom. The van der Waals surface area contributed by atoms with Crippen LogP contribution in [0, 0.1) is 6.92 Å². The first-order valence-corrected chi connectivity index (χ1v) is 7.50. The van der Waals surface area contributed by atoms with Crippen molar-refractivity contribution in [3.05, 3.63) is 57.3 Å². The molecule has 0 bridgehead atoms. The van der Waals surface area contributed by atoms with E-state index in [1.807, 2.05) is 11.3 Å². The molecule has 2 rings (SSSR count). The number of rotatable bonds is 5. The summed E-state index contributed by atoms with van der Waals surface area (Å²) in [5.74, 6) is 0. The molecule has 1 aromatic carbocycles. The van der Waals surface area contributed by atoms with Crippen molar-refractivity contribution in [2.24, 2.45) is 0 Å². The molecule has 1 nitrogen and oxygen atoms in total. The van der Waals surface area contributed by atoms with Crippen molar-refractivity contribution in [3.8, 4) is 0 Å². The fourth-order valence-corrected chi connectivity index (χ4v) is 3.09. The zero-order chi connectivity index (χ0) is 13.0. The monoisotopic (exact) mass is 259 g/mol. The number of benzene rings is 1. The van der Waals surface area contributed by atoms with Gasteiger partial charge in [0.1, 0.15) is 0 Å². The lowest BCUT2D eigenvalue weighted by Gasteiger charge is -2.20. The van der Waals surface area contributed by atoms with E-state index in [2.05, 4.69) is 61.8 Å². The van der Waals surface area contributed by atoms with Crippen LogP contribution in [0.1, 0.15) is 41.5 Å². The lowest BCUT2D eigenvalue weighted by molar-refractivity contribution is 0.627. The van der Waals surface area contributed by atoms with Crippen molar-refractivity contribution < 1.29 is 0 Å². The predicted octanol–water partition coefficient (Wildman–Crippen LogP) is 4.32. The summed E-state index contributed by atoms with van der Waals surface area (Å²) in [5, 5.41) is 5.88. The molecule has 1 atom stereocenters. The van der Waals surface area contributed by atoms with Crippen LogP contribution in [0.15, 0.2) is 35.7 Å². The second kappa shape index (κ2) is 6.17. The van der Waals surface area contributed by atoms with Gasteiger partial charge in [-0.15, -0.1) is 11.3 Å². The molecule has 0 saturated heterocycles. The fourth-order valence-electron chi connectivity index (χ4n) is 2.36. The Kier molecular flexibility index (Phi) is 4.56. The second-order valence-electron chi connectivity index (χ2n) is 4.53. The van der Waals surface area contributed by atoms with E-state index in [-0.39, 0.29) is 0 Å².